The molecule has 0 aromatic carbocycles. The van der Waals surface area contributed by atoms with Crippen molar-refractivity contribution in [3.63, 3.8) is 0 Å². The molecule has 1 rings (SSSR count). The van der Waals surface area contributed by atoms with Crippen molar-refractivity contribution in [1.82, 2.24) is 5.32 Å². The number of carbonyl (C=O) groups is 1. The Kier molecular flexibility index (Phi) is 7.89. The van der Waals surface area contributed by atoms with Gasteiger partial charge in [-0.25, -0.2) is 0 Å². The first-order valence-electron chi connectivity index (χ1n) is 4.60. The van der Waals surface area contributed by atoms with Crippen LogP contribution in [-0.2, 0) is 16.1 Å². The molecule has 1 aromatic rings. The van der Waals surface area contributed by atoms with Gasteiger partial charge in [0.25, 0.3) is 0 Å². The molecule has 0 saturated carbocycles. The van der Waals surface area contributed by atoms with E-state index in [9.17, 15) is 4.79 Å². The Balaban J connectivity index is 0.000000583. The number of hydrogen-bond donors (Lipinski definition) is 2. The minimum atomic E-state index is -0.428. The molecule has 15 heavy (non-hydrogen) atoms. The highest BCUT2D eigenvalue weighted by Gasteiger charge is 1.98. The second-order valence-corrected chi connectivity index (χ2v) is 4.34. The van der Waals surface area contributed by atoms with E-state index in [1.54, 1.807) is 11.3 Å². The molecule has 0 aliphatic carbocycles. The van der Waals surface area contributed by atoms with Crippen molar-refractivity contribution in [2.45, 2.75) is 13.5 Å². The van der Waals surface area contributed by atoms with Crippen LogP contribution in [0, 0.1) is 6.92 Å². The summed E-state index contributed by atoms with van der Waals surface area (Å²) in [5.41, 5.74) is 4.90. The standard InChI is InChI=1S/C8H11NO2S.C2H7N/c1-6-2-3-7(12-6)4-11-5-8(9)10;1-3-2/h2-3H,4-5H2,1H3,(H2,9,10);3H,1-2H3. The topological polar surface area (TPSA) is 64.3 Å². The third-order valence-electron chi connectivity index (χ3n) is 1.28. The normalized spacial score (nSPS) is 9.27. The zero-order chi connectivity index (χ0) is 11.7. The maximum atomic E-state index is 10.3. The molecule has 0 atom stereocenters. The van der Waals surface area contributed by atoms with Gasteiger partial charge in [0.2, 0.25) is 5.91 Å². The monoisotopic (exact) mass is 230 g/mol. The number of nitrogens with two attached hydrogens (primary N) is 1. The summed E-state index contributed by atoms with van der Waals surface area (Å²) in [5, 5.41) is 2.75. The molecule has 1 heterocycles. The fraction of sp³-hybridized carbons (Fsp3) is 0.500. The van der Waals surface area contributed by atoms with Crippen LogP contribution in [0.15, 0.2) is 12.1 Å². The molecule has 0 spiro atoms. The van der Waals surface area contributed by atoms with E-state index in [4.69, 9.17) is 10.5 Å². The number of rotatable bonds is 4. The lowest BCUT2D eigenvalue weighted by Crippen LogP contribution is -2.17. The molecule has 1 aromatic heterocycles. The zero-order valence-electron chi connectivity index (χ0n) is 9.37. The summed E-state index contributed by atoms with van der Waals surface area (Å²) in [5.74, 6) is -0.428. The van der Waals surface area contributed by atoms with E-state index in [2.05, 4.69) is 5.32 Å². The quantitative estimate of drug-likeness (QED) is 0.807. The number of aryl methyl sites for hydroxylation is 1. The van der Waals surface area contributed by atoms with Gasteiger partial charge in [-0.15, -0.1) is 11.3 Å². The minimum Gasteiger partial charge on any atom is -0.368 e. The summed E-state index contributed by atoms with van der Waals surface area (Å²) in [6, 6.07) is 4.01. The molecule has 3 N–H and O–H groups in total. The number of hydrogen-bond acceptors (Lipinski definition) is 4. The highest BCUT2D eigenvalue weighted by Crippen LogP contribution is 2.15. The molecule has 0 saturated heterocycles. The average Bonchev–Trinajstić information content (AvgIpc) is 2.52. The number of ether oxygens (including phenoxy) is 1. The smallest absolute Gasteiger partial charge is 0.243 e. The highest BCUT2D eigenvalue weighted by molar-refractivity contribution is 7.11. The summed E-state index contributed by atoms with van der Waals surface area (Å²) in [4.78, 5) is 12.7. The van der Waals surface area contributed by atoms with Crippen LogP contribution < -0.4 is 11.1 Å². The maximum absolute atomic E-state index is 10.3. The van der Waals surface area contributed by atoms with Crippen LogP contribution in [0.4, 0.5) is 0 Å². The lowest BCUT2D eigenvalue weighted by Gasteiger charge is -1.97. The lowest BCUT2D eigenvalue weighted by atomic mass is 10.4. The van der Waals surface area contributed by atoms with E-state index in [0.29, 0.717) is 6.61 Å². The van der Waals surface area contributed by atoms with Gasteiger partial charge < -0.3 is 15.8 Å². The molecule has 1 amide bonds. The number of amides is 1. The molecule has 0 radical (unpaired) electrons. The van der Waals surface area contributed by atoms with Gasteiger partial charge in [0.15, 0.2) is 0 Å². The average molecular weight is 230 g/mol. The van der Waals surface area contributed by atoms with Gasteiger partial charge in [0.05, 0.1) is 6.61 Å². The summed E-state index contributed by atoms with van der Waals surface area (Å²) in [6.07, 6.45) is 0. The molecule has 0 fully saturated rings. The first-order valence-corrected chi connectivity index (χ1v) is 5.41. The largest absolute Gasteiger partial charge is 0.368 e. The third kappa shape index (κ3) is 8.11. The molecule has 0 bridgehead atoms. The maximum Gasteiger partial charge on any atom is 0.243 e. The predicted octanol–water partition coefficient (Wildman–Crippen LogP) is 0.894. The molecule has 4 nitrogen and oxygen atoms in total. The van der Waals surface area contributed by atoms with Crippen molar-refractivity contribution < 1.29 is 9.53 Å². The number of thiophene rings is 1. The van der Waals surface area contributed by atoms with Crippen LogP contribution in [0.25, 0.3) is 0 Å². The Morgan fingerprint density at radius 2 is 2.13 bits per heavy atom. The van der Waals surface area contributed by atoms with Crippen LogP contribution in [0.2, 0.25) is 0 Å². The molecule has 86 valence electrons. The molecule has 5 heteroatoms. The van der Waals surface area contributed by atoms with E-state index in [0.717, 1.165) is 4.88 Å². The molecular weight excluding hydrogens is 212 g/mol. The van der Waals surface area contributed by atoms with Crippen molar-refractivity contribution >= 4 is 17.2 Å². The zero-order valence-corrected chi connectivity index (χ0v) is 10.2. The Labute approximate surface area is 94.4 Å². The highest BCUT2D eigenvalue weighted by atomic mass is 32.1. The molecule has 0 aliphatic rings. The molecule has 0 unspecified atom stereocenters. The minimum absolute atomic E-state index is 0.00303. The second-order valence-electron chi connectivity index (χ2n) is 2.97. The Hall–Kier alpha value is -0.910. The van der Waals surface area contributed by atoms with Crippen molar-refractivity contribution in [3.05, 3.63) is 21.9 Å². The van der Waals surface area contributed by atoms with E-state index >= 15 is 0 Å². The van der Waals surface area contributed by atoms with Crippen LogP contribution >= 0.6 is 11.3 Å². The Bertz CT molecular complexity index is 287. The first-order chi connectivity index (χ1) is 7.10. The number of carbonyl (C=O) groups excluding carboxylic acids is 1. The van der Waals surface area contributed by atoms with Gasteiger partial charge in [-0.05, 0) is 33.2 Å². The van der Waals surface area contributed by atoms with E-state index in [-0.39, 0.29) is 6.61 Å². The van der Waals surface area contributed by atoms with Crippen LogP contribution in [0.5, 0.6) is 0 Å². The first kappa shape index (κ1) is 14.1. The summed E-state index contributed by atoms with van der Waals surface area (Å²) in [7, 11) is 3.75. The Morgan fingerprint density at radius 3 is 2.53 bits per heavy atom. The molecular formula is C10H18N2O2S. The van der Waals surface area contributed by atoms with E-state index < -0.39 is 5.91 Å². The fourth-order valence-electron chi connectivity index (χ4n) is 0.815. The van der Waals surface area contributed by atoms with Crippen molar-refractivity contribution in [2.75, 3.05) is 20.7 Å². The van der Waals surface area contributed by atoms with Crippen molar-refractivity contribution in [3.8, 4) is 0 Å². The van der Waals surface area contributed by atoms with Crippen LogP contribution in [-0.4, -0.2) is 26.6 Å². The van der Waals surface area contributed by atoms with Gasteiger partial charge in [0.1, 0.15) is 6.61 Å². The Morgan fingerprint density at radius 1 is 1.53 bits per heavy atom. The summed E-state index contributed by atoms with van der Waals surface area (Å²) in [6.45, 7) is 2.50. The van der Waals surface area contributed by atoms with Crippen molar-refractivity contribution in [2.24, 2.45) is 5.73 Å². The van der Waals surface area contributed by atoms with Gasteiger partial charge in [-0.2, -0.15) is 0 Å². The van der Waals surface area contributed by atoms with Crippen molar-refractivity contribution in [1.29, 1.82) is 0 Å². The van der Waals surface area contributed by atoms with Crippen LogP contribution in [0.3, 0.4) is 0 Å². The lowest BCUT2D eigenvalue weighted by molar-refractivity contribution is -0.122. The van der Waals surface area contributed by atoms with Gasteiger partial charge in [0, 0.05) is 9.75 Å². The summed E-state index contributed by atoms with van der Waals surface area (Å²) < 4.78 is 5.03. The fourth-order valence-corrected chi connectivity index (χ4v) is 1.64. The number of primary amides is 1. The summed E-state index contributed by atoms with van der Waals surface area (Å²) >= 11 is 1.66. The predicted molar refractivity (Wildman–Crippen MR) is 62.9 cm³/mol. The molecule has 0 aliphatic heterocycles. The number of nitrogens with one attached hydrogen (secondary N) is 1. The second kappa shape index (κ2) is 8.40. The van der Waals surface area contributed by atoms with Gasteiger partial charge >= 0.3 is 0 Å². The third-order valence-corrected chi connectivity index (χ3v) is 2.26. The SMILES string of the molecule is CNC.Cc1ccc(COCC(N)=O)s1. The van der Waals surface area contributed by atoms with Crippen LogP contribution in [0.1, 0.15) is 9.75 Å². The van der Waals surface area contributed by atoms with E-state index in [1.165, 1.54) is 4.88 Å². The van der Waals surface area contributed by atoms with Gasteiger partial charge in [-0.1, -0.05) is 0 Å². The van der Waals surface area contributed by atoms with E-state index in [1.807, 2.05) is 33.2 Å². The van der Waals surface area contributed by atoms with Gasteiger partial charge in [-0.3, -0.25) is 4.79 Å².